The van der Waals surface area contributed by atoms with Crippen LogP contribution in [0.3, 0.4) is 0 Å². The van der Waals surface area contributed by atoms with E-state index in [1.807, 2.05) is 18.2 Å². The summed E-state index contributed by atoms with van der Waals surface area (Å²) < 4.78 is 0. The minimum atomic E-state index is 0.799. The molecule has 2 nitrogen and oxygen atoms in total. The molecule has 2 heteroatoms. The Hall–Kier alpha value is -1.96. The van der Waals surface area contributed by atoms with E-state index in [-0.39, 0.29) is 0 Å². The zero-order valence-electron chi connectivity index (χ0n) is 10.3. The summed E-state index contributed by atoms with van der Waals surface area (Å²) in [5, 5.41) is 3.40. The molecule has 0 radical (unpaired) electrons. The van der Waals surface area contributed by atoms with E-state index >= 15 is 0 Å². The van der Waals surface area contributed by atoms with Gasteiger partial charge in [-0.25, -0.2) is 0 Å². The summed E-state index contributed by atoms with van der Waals surface area (Å²) in [6.07, 6.45) is 0. The maximum absolute atomic E-state index is 5.74. The minimum Gasteiger partial charge on any atom is -0.399 e. The van der Waals surface area contributed by atoms with Crippen LogP contribution in [-0.4, -0.2) is 0 Å². The molecule has 0 fully saturated rings. The van der Waals surface area contributed by atoms with Crippen molar-refractivity contribution in [2.75, 3.05) is 11.1 Å². The van der Waals surface area contributed by atoms with Gasteiger partial charge in [0.2, 0.25) is 0 Å². The molecule has 0 amide bonds. The van der Waals surface area contributed by atoms with E-state index in [0.717, 1.165) is 17.9 Å². The third-order valence-corrected chi connectivity index (χ3v) is 2.95. The van der Waals surface area contributed by atoms with Gasteiger partial charge in [-0.2, -0.15) is 0 Å². The largest absolute Gasteiger partial charge is 0.399 e. The normalized spacial score (nSPS) is 10.2. The van der Waals surface area contributed by atoms with Crippen LogP contribution in [0.15, 0.2) is 42.5 Å². The molecule has 0 aliphatic carbocycles. The highest BCUT2D eigenvalue weighted by molar-refractivity contribution is 5.49. The van der Waals surface area contributed by atoms with Crippen LogP contribution in [0.1, 0.15) is 16.7 Å². The Labute approximate surface area is 102 Å². The lowest BCUT2D eigenvalue weighted by atomic mass is 10.1. The average Bonchev–Trinajstić information content (AvgIpc) is 2.31. The van der Waals surface area contributed by atoms with E-state index in [1.54, 1.807) is 0 Å². The lowest BCUT2D eigenvalue weighted by Crippen LogP contribution is -2.00. The number of rotatable bonds is 3. The second-order valence-electron chi connectivity index (χ2n) is 4.40. The molecule has 2 aromatic rings. The van der Waals surface area contributed by atoms with E-state index in [4.69, 9.17) is 5.73 Å². The monoisotopic (exact) mass is 226 g/mol. The van der Waals surface area contributed by atoms with Gasteiger partial charge in [-0.3, -0.25) is 0 Å². The molecular formula is C15H18N2. The predicted molar refractivity (Wildman–Crippen MR) is 74.1 cm³/mol. The smallest absolute Gasteiger partial charge is 0.0401 e. The Morgan fingerprint density at radius 1 is 1.00 bits per heavy atom. The van der Waals surface area contributed by atoms with Crippen LogP contribution in [0.4, 0.5) is 11.4 Å². The van der Waals surface area contributed by atoms with Crippen molar-refractivity contribution in [2.45, 2.75) is 20.4 Å². The fourth-order valence-corrected chi connectivity index (χ4v) is 1.76. The van der Waals surface area contributed by atoms with Crippen LogP contribution < -0.4 is 11.1 Å². The van der Waals surface area contributed by atoms with Crippen LogP contribution in [-0.2, 0) is 6.54 Å². The molecule has 2 aromatic carbocycles. The van der Waals surface area contributed by atoms with Crippen molar-refractivity contribution in [1.29, 1.82) is 0 Å². The van der Waals surface area contributed by atoms with Gasteiger partial charge >= 0.3 is 0 Å². The molecule has 88 valence electrons. The van der Waals surface area contributed by atoms with E-state index < -0.39 is 0 Å². The number of benzene rings is 2. The Balaban J connectivity index is 2.05. The van der Waals surface area contributed by atoms with Gasteiger partial charge in [0.25, 0.3) is 0 Å². The van der Waals surface area contributed by atoms with Gasteiger partial charge in [0, 0.05) is 17.9 Å². The molecule has 0 aliphatic heterocycles. The lowest BCUT2D eigenvalue weighted by molar-refractivity contribution is 1.14. The predicted octanol–water partition coefficient (Wildman–Crippen LogP) is 3.50. The van der Waals surface area contributed by atoms with E-state index in [1.165, 1.54) is 16.7 Å². The second kappa shape index (κ2) is 4.91. The first-order chi connectivity index (χ1) is 8.15. The van der Waals surface area contributed by atoms with Gasteiger partial charge in [0.15, 0.2) is 0 Å². The molecular weight excluding hydrogens is 208 g/mol. The molecule has 0 atom stereocenters. The Morgan fingerprint density at radius 3 is 2.53 bits per heavy atom. The number of aryl methyl sites for hydroxylation is 2. The van der Waals surface area contributed by atoms with Gasteiger partial charge in [-0.05, 0) is 54.8 Å². The average molecular weight is 226 g/mol. The third kappa shape index (κ3) is 3.00. The van der Waals surface area contributed by atoms with Gasteiger partial charge < -0.3 is 11.1 Å². The molecule has 3 N–H and O–H groups in total. The number of hydrogen-bond donors (Lipinski definition) is 2. The summed E-state index contributed by atoms with van der Waals surface area (Å²) in [6.45, 7) is 5.05. The summed E-state index contributed by atoms with van der Waals surface area (Å²) in [5.74, 6) is 0. The van der Waals surface area contributed by atoms with Gasteiger partial charge in [-0.15, -0.1) is 0 Å². The highest BCUT2D eigenvalue weighted by atomic mass is 14.9. The summed E-state index contributed by atoms with van der Waals surface area (Å²) in [7, 11) is 0. The maximum atomic E-state index is 5.74. The van der Waals surface area contributed by atoms with Gasteiger partial charge in [-0.1, -0.05) is 18.2 Å². The van der Waals surface area contributed by atoms with Crippen LogP contribution in [0.25, 0.3) is 0 Å². The van der Waals surface area contributed by atoms with Crippen LogP contribution in [0, 0.1) is 13.8 Å². The summed E-state index contributed by atoms with van der Waals surface area (Å²) in [5.41, 5.74) is 11.5. The molecule has 0 spiro atoms. The van der Waals surface area contributed by atoms with Crippen molar-refractivity contribution >= 4 is 11.4 Å². The summed E-state index contributed by atoms with van der Waals surface area (Å²) in [6, 6.07) is 14.4. The molecule has 17 heavy (non-hydrogen) atoms. The number of anilines is 2. The van der Waals surface area contributed by atoms with E-state index in [2.05, 4.69) is 43.4 Å². The molecule has 0 unspecified atom stereocenters. The Bertz CT molecular complexity index is 518. The maximum Gasteiger partial charge on any atom is 0.0401 e. The number of hydrogen-bond acceptors (Lipinski definition) is 2. The first kappa shape index (κ1) is 11.5. The zero-order valence-corrected chi connectivity index (χ0v) is 10.3. The summed E-state index contributed by atoms with van der Waals surface area (Å²) >= 11 is 0. The fraction of sp³-hybridized carbons (Fsp3) is 0.200. The molecule has 0 saturated carbocycles. The molecule has 0 heterocycles. The molecule has 2 rings (SSSR count). The minimum absolute atomic E-state index is 0.799. The van der Waals surface area contributed by atoms with Gasteiger partial charge in [0.05, 0.1) is 0 Å². The topological polar surface area (TPSA) is 38.0 Å². The molecule has 0 bridgehead atoms. The first-order valence-electron chi connectivity index (χ1n) is 5.81. The summed E-state index contributed by atoms with van der Waals surface area (Å²) in [4.78, 5) is 0. The van der Waals surface area contributed by atoms with E-state index in [0.29, 0.717) is 0 Å². The first-order valence-corrected chi connectivity index (χ1v) is 5.81. The zero-order chi connectivity index (χ0) is 12.3. The van der Waals surface area contributed by atoms with Crippen molar-refractivity contribution in [3.05, 3.63) is 59.2 Å². The lowest BCUT2D eigenvalue weighted by Gasteiger charge is -2.09. The van der Waals surface area contributed by atoms with Crippen molar-refractivity contribution in [3.8, 4) is 0 Å². The second-order valence-corrected chi connectivity index (χ2v) is 4.40. The fourth-order valence-electron chi connectivity index (χ4n) is 1.76. The Morgan fingerprint density at radius 2 is 1.82 bits per heavy atom. The van der Waals surface area contributed by atoms with E-state index in [9.17, 15) is 0 Å². The molecule has 0 aliphatic rings. The van der Waals surface area contributed by atoms with Crippen molar-refractivity contribution in [2.24, 2.45) is 0 Å². The number of nitrogen functional groups attached to an aromatic ring is 1. The Kier molecular flexibility index (Phi) is 3.33. The van der Waals surface area contributed by atoms with Crippen molar-refractivity contribution < 1.29 is 0 Å². The quantitative estimate of drug-likeness (QED) is 0.786. The number of nitrogens with one attached hydrogen (secondary N) is 1. The van der Waals surface area contributed by atoms with Crippen molar-refractivity contribution in [1.82, 2.24) is 0 Å². The number of nitrogens with two attached hydrogens (primary N) is 1. The van der Waals surface area contributed by atoms with Crippen LogP contribution >= 0.6 is 0 Å². The SMILES string of the molecule is Cc1ccc(NCc2cccc(N)c2)cc1C. The molecule has 0 saturated heterocycles. The molecule has 0 aromatic heterocycles. The third-order valence-electron chi connectivity index (χ3n) is 2.95. The highest BCUT2D eigenvalue weighted by Gasteiger charge is 1.97. The van der Waals surface area contributed by atoms with Crippen LogP contribution in [0.5, 0.6) is 0 Å². The van der Waals surface area contributed by atoms with Crippen molar-refractivity contribution in [3.63, 3.8) is 0 Å². The van der Waals surface area contributed by atoms with Gasteiger partial charge in [0.1, 0.15) is 0 Å². The van der Waals surface area contributed by atoms with Crippen LogP contribution in [0.2, 0.25) is 0 Å². The standard InChI is InChI=1S/C15H18N2/c1-11-6-7-15(8-12(11)2)17-10-13-4-3-5-14(16)9-13/h3-9,17H,10,16H2,1-2H3. The highest BCUT2D eigenvalue weighted by Crippen LogP contribution is 2.15.